The van der Waals surface area contributed by atoms with E-state index in [1.54, 1.807) is 6.20 Å². The van der Waals surface area contributed by atoms with Gasteiger partial charge in [0.05, 0.1) is 23.0 Å². The quantitative estimate of drug-likeness (QED) is 0.438. The van der Waals surface area contributed by atoms with Crippen LogP contribution in [-0.4, -0.2) is 19.1 Å². The van der Waals surface area contributed by atoms with E-state index in [9.17, 15) is 9.70 Å². The Hall–Kier alpha value is -2.57. The van der Waals surface area contributed by atoms with Crippen molar-refractivity contribution in [2.75, 3.05) is 18.2 Å². The Kier molecular flexibility index (Phi) is 5.20. The predicted octanol–water partition coefficient (Wildman–Crippen LogP) is 0.738. The van der Waals surface area contributed by atoms with Gasteiger partial charge in [-0.05, 0) is 33.3 Å². The van der Waals surface area contributed by atoms with E-state index < -0.39 is 5.41 Å². The fourth-order valence-corrected chi connectivity index (χ4v) is 2.40. The number of esters is 1. The van der Waals surface area contributed by atoms with Crippen molar-refractivity contribution in [3.63, 3.8) is 0 Å². The number of hydrogen-bond acceptors (Lipinski definition) is 6. The third-order valence-electron chi connectivity index (χ3n) is 3.83. The zero-order valence-electron chi connectivity index (χ0n) is 13.6. The van der Waals surface area contributed by atoms with Gasteiger partial charge in [0.15, 0.2) is 0 Å². The second kappa shape index (κ2) is 7.13. The van der Waals surface area contributed by atoms with E-state index in [-0.39, 0.29) is 5.97 Å². The molecule has 0 saturated heterocycles. The molecule has 0 spiro atoms. The lowest BCUT2D eigenvalue weighted by atomic mass is 9.89. The molecule has 1 aromatic carbocycles. The summed E-state index contributed by atoms with van der Waals surface area (Å²) in [7, 11) is 0. The summed E-state index contributed by atoms with van der Waals surface area (Å²) in [6, 6.07) is 5.78. The highest BCUT2D eigenvalue weighted by Gasteiger charge is 2.30. The molecule has 2 rings (SSSR count). The van der Waals surface area contributed by atoms with E-state index in [4.69, 9.17) is 4.74 Å². The van der Waals surface area contributed by atoms with Crippen LogP contribution in [0.1, 0.15) is 27.2 Å². The lowest BCUT2D eigenvalue weighted by molar-refractivity contribution is -0.153. The molecule has 0 amide bonds. The highest BCUT2D eigenvalue weighted by atomic mass is 16.5. The van der Waals surface area contributed by atoms with E-state index in [0.717, 1.165) is 16.1 Å². The van der Waals surface area contributed by atoms with Gasteiger partial charge in [-0.25, -0.2) is 5.43 Å². The molecule has 7 nitrogen and oxygen atoms in total. The first-order valence-electron chi connectivity index (χ1n) is 7.58. The van der Waals surface area contributed by atoms with Crippen LogP contribution in [-0.2, 0) is 9.53 Å². The number of nitrogens with zero attached hydrogens (tertiary/aromatic N) is 2. The summed E-state index contributed by atoms with van der Waals surface area (Å²) in [5.41, 5.74) is 5.94. The Morgan fingerprint density at radius 3 is 2.96 bits per heavy atom. The molecule has 0 saturated carbocycles. The number of rotatable bonds is 7. The summed E-state index contributed by atoms with van der Waals surface area (Å²) in [5.74, 6) is -0.188. The van der Waals surface area contributed by atoms with Crippen LogP contribution in [0.2, 0.25) is 0 Å². The number of anilines is 1. The van der Waals surface area contributed by atoms with E-state index in [1.165, 1.54) is 0 Å². The van der Waals surface area contributed by atoms with Gasteiger partial charge in [-0.3, -0.25) is 9.80 Å². The molecule has 2 N–H and O–H groups in total. The van der Waals surface area contributed by atoms with Crippen molar-refractivity contribution in [3.05, 3.63) is 33.5 Å². The highest BCUT2D eigenvalue weighted by Crippen LogP contribution is 2.23. The molecule has 1 aliphatic rings. The van der Waals surface area contributed by atoms with Gasteiger partial charge in [0.1, 0.15) is 0 Å². The van der Waals surface area contributed by atoms with Gasteiger partial charge >= 0.3 is 5.97 Å². The molecule has 1 heterocycles. The number of fused-ring (bicyclic) bond motifs is 1. The number of nitrogens with one attached hydrogen (secondary N) is 2. The lowest BCUT2D eigenvalue weighted by Gasteiger charge is -2.27. The minimum atomic E-state index is -0.548. The van der Waals surface area contributed by atoms with Crippen LogP contribution < -0.4 is 26.3 Å². The number of ether oxygens (including phenoxy) is 1. The van der Waals surface area contributed by atoms with E-state index >= 15 is 0 Å². The van der Waals surface area contributed by atoms with Gasteiger partial charge < -0.3 is 10.2 Å². The van der Waals surface area contributed by atoms with Crippen molar-refractivity contribution in [1.82, 2.24) is 10.9 Å². The van der Waals surface area contributed by atoms with Crippen LogP contribution in [0.3, 0.4) is 0 Å². The summed E-state index contributed by atoms with van der Waals surface area (Å²) in [4.78, 5) is 22.2. The van der Waals surface area contributed by atoms with Crippen molar-refractivity contribution in [2.24, 2.45) is 10.7 Å². The van der Waals surface area contributed by atoms with Crippen LogP contribution in [0.4, 0.5) is 5.69 Å². The average Bonchev–Trinajstić information content (AvgIpc) is 2.95. The zero-order valence-corrected chi connectivity index (χ0v) is 13.6. The number of nitroso groups, excluding NO2 is 1. The van der Waals surface area contributed by atoms with Gasteiger partial charge in [-0.1, -0.05) is 12.1 Å². The Balaban J connectivity index is 2.11. The highest BCUT2D eigenvalue weighted by molar-refractivity contribution is 5.76. The maximum atomic E-state index is 12.0. The summed E-state index contributed by atoms with van der Waals surface area (Å²) in [6.45, 7) is 6.61. The first-order chi connectivity index (χ1) is 11.0. The van der Waals surface area contributed by atoms with Crippen molar-refractivity contribution >= 4 is 24.1 Å². The lowest BCUT2D eigenvalue weighted by Crippen LogP contribution is -2.37. The molecule has 124 valence electrons. The molecular formula is C16H22N4O3. The molecule has 0 atom stereocenters. The average molecular weight is 318 g/mol. The van der Waals surface area contributed by atoms with Crippen molar-refractivity contribution in [1.29, 1.82) is 0 Å². The molecule has 0 bridgehead atoms. The zero-order chi connectivity index (χ0) is 16.9. The monoisotopic (exact) mass is 318 g/mol. The summed E-state index contributed by atoms with van der Waals surface area (Å²) in [6.07, 6.45) is 4.06. The molecule has 0 aliphatic carbocycles. The molecule has 0 fully saturated rings. The van der Waals surface area contributed by atoms with Crippen molar-refractivity contribution < 1.29 is 9.53 Å². The SMILES string of the molecule is CCOC(=O)C(C)(C)CCN1NC=c2c1cccc2=CNN=O. The first-order valence-corrected chi connectivity index (χ1v) is 7.58. The standard InChI is InChI=1S/C16H22N4O3/c1-4-23-15(21)16(2,3)8-9-20-14-7-5-6-12(10-17-19-22)13(14)11-18-20/h5-7,10-11,18H,4,8-9H2,1-3H3,(H,17,22). The normalized spacial score (nSPS) is 13.9. The molecule has 23 heavy (non-hydrogen) atoms. The smallest absolute Gasteiger partial charge is 0.311 e. The summed E-state index contributed by atoms with van der Waals surface area (Å²) in [5, 5.41) is 6.43. The van der Waals surface area contributed by atoms with Crippen LogP contribution >= 0.6 is 0 Å². The van der Waals surface area contributed by atoms with Gasteiger partial charge in [-0.15, -0.1) is 4.91 Å². The molecule has 0 aromatic heterocycles. The molecule has 7 heteroatoms. The summed E-state index contributed by atoms with van der Waals surface area (Å²) >= 11 is 0. The van der Waals surface area contributed by atoms with Gasteiger partial charge in [-0.2, -0.15) is 0 Å². The van der Waals surface area contributed by atoms with Crippen LogP contribution in [0.25, 0.3) is 12.4 Å². The van der Waals surface area contributed by atoms with Crippen LogP contribution in [0.5, 0.6) is 0 Å². The molecule has 0 radical (unpaired) electrons. The minimum absolute atomic E-state index is 0.188. The largest absolute Gasteiger partial charge is 0.466 e. The predicted molar refractivity (Wildman–Crippen MR) is 89.1 cm³/mol. The first kappa shape index (κ1) is 16.8. The fraction of sp³-hybridized carbons (Fsp3) is 0.438. The third kappa shape index (κ3) is 3.80. The maximum absolute atomic E-state index is 12.0. The second-order valence-electron chi connectivity index (χ2n) is 5.92. The topological polar surface area (TPSA) is 83.0 Å². The van der Waals surface area contributed by atoms with Gasteiger partial charge in [0, 0.05) is 29.4 Å². The maximum Gasteiger partial charge on any atom is 0.311 e. The van der Waals surface area contributed by atoms with Crippen LogP contribution in [0.15, 0.2) is 23.5 Å². The molecular weight excluding hydrogens is 296 g/mol. The Labute approximate surface area is 134 Å². The Morgan fingerprint density at radius 1 is 1.48 bits per heavy atom. The van der Waals surface area contributed by atoms with E-state index in [1.807, 2.05) is 50.2 Å². The van der Waals surface area contributed by atoms with E-state index in [0.29, 0.717) is 19.6 Å². The second-order valence-corrected chi connectivity index (χ2v) is 5.92. The van der Waals surface area contributed by atoms with Crippen molar-refractivity contribution in [2.45, 2.75) is 27.2 Å². The van der Waals surface area contributed by atoms with Crippen LogP contribution in [0, 0.1) is 10.3 Å². The minimum Gasteiger partial charge on any atom is -0.466 e. The number of benzene rings is 1. The third-order valence-corrected chi connectivity index (χ3v) is 3.83. The number of carbonyl (C=O) groups excluding carboxylic acids is 1. The van der Waals surface area contributed by atoms with Gasteiger partial charge in [0.2, 0.25) is 0 Å². The van der Waals surface area contributed by atoms with Gasteiger partial charge in [0.25, 0.3) is 0 Å². The number of carbonyl (C=O) groups is 1. The number of hydrogen-bond donors (Lipinski definition) is 2. The Bertz CT molecular complexity index is 700. The summed E-state index contributed by atoms with van der Waals surface area (Å²) < 4.78 is 5.12. The Morgan fingerprint density at radius 2 is 2.26 bits per heavy atom. The number of hydrazine groups is 1. The fourth-order valence-electron chi connectivity index (χ4n) is 2.40. The van der Waals surface area contributed by atoms with Crippen molar-refractivity contribution in [3.8, 4) is 0 Å². The molecule has 1 aliphatic heterocycles. The van der Waals surface area contributed by atoms with E-state index in [2.05, 4.69) is 16.1 Å². The molecule has 0 unspecified atom stereocenters. The molecule has 1 aromatic rings.